The Hall–Kier alpha value is -1.55. The SMILES string of the molecule is CCONC(=O)Cc1ccc2c(c1)CCO2. The van der Waals surface area contributed by atoms with Crippen LogP contribution < -0.4 is 10.2 Å². The van der Waals surface area contributed by atoms with Gasteiger partial charge in [0.15, 0.2) is 0 Å². The van der Waals surface area contributed by atoms with Crippen molar-refractivity contribution in [1.82, 2.24) is 5.48 Å². The molecule has 4 heteroatoms. The maximum Gasteiger partial charge on any atom is 0.247 e. The number of carbonyl (C=O) groups is 1. The van der Waals surface area contributed by atoms with Gasteiger partial charge in [-0.25, -0.2) is 5.48 Å². The van der Waals surface area contributed by atoms with E-state index in [1.54, 1.807) is 0 Å². The third-order valence-corrected chi connectivity index (χ3v) is 2.45. The Morgan fingerprint density at radius 3 is 3.25 bits per heavy atom. The van der Waals surface area contributed by atoms with Gasteiger partial charge < -0.3 is 4.74 Å². The molecule has 16 heavy (non-hydrogen) atoms. The first-order valence-corrected chi connectivity index (χ1v) is 5.45. The summed E-state index contributed by atoms with van der Waals surface area (Å²) in [6.45, 7) is 3.04. The van der Waals surface area contributed by atoms with Crippen molar-refractivity contribution in [3.05, 3.63) is 29.3 Å². The van der Waals surface area contributed by atoms with Gasteiger partial charge >= 0.3 is 0 Å². The summed E-state index contributed by atoms with van der Waals surface area (Å²) in [5, 5.41) is 0. The van der Waals surface area contributed by atoms with E-state index in [9.17, 15) is 4.79 Å². The summed E-state index contributed by atoms with van der Waals surface area (Å²) in [6, 6.07) is 5.86. The zero-order valence-corrected chi connectivity index (χ0v) is 9.29. The van der Waals surface area contributed by atoms with Gasteiger partial charge in [-0.1, -0.05) is 12.1 Å². The molecule has 0 radical (unpaired) electrons. The lowest BCUT2D eigenvalue weighted by Gasteiger charge is -2.05. The molecule has 0 aliphatic carbocycles. The molecular weight excluding hydrogens is 206 g/mol. The van der Waals surface area contributed by atoms with E-state index in [2.05, 4.69) is 5.48 Å². The molecule has 4 nitrogen and oxygen atoms in total. The summed E-state index contributed by atoms with van der Waals surface area (Å²) >= 11 is 0. The number of fused-ring (bicyclic) bond motifs is 1. The monoisotopic (exact) mass is 221 g/mol. The van der Waals surface area contributed by atoms with Crippen molar-refractivity contribution in [2.75, 3.05) is 13.2 Å². The van der Waals surface area contributed by atoms with Crippen LogP contribution in [0.4, 0.5) is 0 Å². The lowest BCUT2D eigenvalue weighted by atomic mass is 10.1. The van der Waals surface area contributed by atoms with Crippen molar-refractivity contribution in [2.24, 2.45) is 0 Å². The van der Waals surface area contributed by atoms with Gasteiger partial charge in [0.25, 0.3) is 0 Å². The van der Waals surface area contributed by atoms with E-state index in [0.29, 0.717) is 13.0 Å². The van der Waals surface area contributed by atoms with E-state index in [0.717, 1.165) is 24.3 Å². The number of nitrogens with one attached hydrogen (secondary N) is 1. The molecule has 1 aromatic carbocycles. The van der Waals surface area contributed by atoms with Crippen LogP contribution in [0.2, 0.25) is 0 Å². The average Bonchev–Trinajstić information content (AvgIpc) is 2.73. The molecule has 0 atom stereocenters. The van der Waals surface area contributed by atoms with E-state index >= 15 is 0 Å². The Kier molecular flexibility index (Phi) is 3.41. The summed E-state index contributed by atoms with van der Waals surface area (Å²) in [5.74, 6) is 0.815. The molecule has 0 saturated carbocycles. The van der Waals surface area contributed by atoms with Crippen molar-refractivity contribution in [2.45, 2.75) is 19.8 Å². The van der Waals surface area contributed by atoms with E-state index < -0.39 is 0 Å². The first kappa shape index (κ1) is 11.0. The van der Waals surface area contributed by atoms with E-state index in [4.69, 9.17) is 9.57 Å². The van der Waals surface area contributed by atoms with Crippen LogP contribution in [0, 0.1) is 0 Å². The molecule has 1 N–H and O–H groups in total. The normalized spacial score (nSPS) is 13.1. The molecule has 1 heterocycles. The highest BCUT2D eigenvalue weighted by Gasteiger charge is 2.13. The highest BCUT2D eigenvalue weighted by molar-refractivity contribution is 5.77. The van der Waals surface area contributed by atoms with Gasteiger partial charge in [0.1, 0.15) is 5.75 Å². The first-order chi connectivity index (χ1) is 7.79. The highest BCUT2D eigenvalue weighted by atomic mass is 16.6. The van der Waals surface area contributed by atoms with Crippen molar-refractivity contribution in [1.29, 1.82) is 0 Å². The number of carbonyl (C=O) groups excluding carboxylic acids is 1. The first-order valence-electron chi connectivity index (χ1n) is 5.45. The van der Waals surface area contributed by atoms with Gasteiger partial charge in [0, 0.05) is 6.42 Å². The van der Waals surface area contributed by atoms with Crippen molar-refractivity contribution in [3.8, 4) is 5.75 Å². The maximum atomic E-state index is 11.4. The average molecular weight is 221 g/mol. The zero-order valence-electron chi connectivity index (χ0n) is 9.29. The van der Waals surface area contributed by atoms with Crippen LogP contribution >= 0.6 is 0 Å². The Morgan fingerprint density at radius 1 is 1.56 bits per heavy atom. The molecule has 0 bridgehead atoms. The summed E-state index contributed by atoms with van der Waals surface area (Å²) in [7, 11) is 0. The Bertz CT molecular complexity index is 390. The number of amides is 1. The molecule has 0 spiro atoms. The number of benzene rings is 1. The van der Waals surface area contributed by atoms with Gasteiger partial charge in [-0.05, 0) is 24.1 Å². The second-order valence-corrected chi connectivity index (χ2v) is 3.68. The molecule has 0 aromatic heterocycles. The summed E-state index contributed by atoms with van der Waals surface area (Å²) in [5.41, 5.74) is 4.55. The largest absolute Gasteiger partial charge is 0.493 e. The summed E-state index contributed by atoms with van der Waals surface area (Å²) in [6.07, 6.45) is 1.27. The predicted molar refractivity (Wildman–Crippen MR) is 59.1 cm³/mol. The van der Waals surface area contributed by atoms with Gasteiger partial charge in [-0.2, -0.15) is 0 Å². The van der Waals surface area contributed by atoms with Crippen LogP contribution in [0.5, 0.6) is 5.75 Å². The van der Waals surface area contributed by atoms with Crippen LogP contribution in [0.25, 0.3) is 0 Å². The van der Waals surface area contributed by atoms with E-state index in [-0.39, 0.29) is 5.91 Å². The van der Waals surface area contributed by atoms with Crippen LogP contribution in [0.1, 0.15) is 18.1 Å². The van der Waals surface area contributed by atoms with Gasteiger partial charge in [0.05, 0.1) is 19.6 Å². The molecule has 0 unspecified atom stereocenters. The molecule has 0 fully saturated rings. The van der Waals surface area contributed by atoms with Crippen molar-refractivity contribution in [3.63, 3.8) is 0 Å². The standard InChI is InChI=1S/C12H15NO3/c1-2-16-13-12(14)8-9-3-4-11-10(7-9)5-6-15-11/h3-4,7H,2,5-6,8H2,1H3,(H,13,14). The number of hydroxylamine groups is 1. The Morgan fingerprint density at radius 2 is 2.44 bits per heavy atom. The second kappa shape index (κ2) is 4.99. The van der Waals surface area contributed by atoms with Gasteiger partial charge in [-0.3, -0.25) is 9.63 Å². The lowest BCUT2D eigenvalue weighted by molar-refractivity contribution is -0.132. The number of hydrogen-bond acceptors (Lipinski definition) is 3. The molecule has 1 aromatic rings. The topological polar surface area (TPSA) is 47.6 Å². The summed E-state index contributed by atoms with van der Waals surface area (Å²) < 4.78 is 5.40. The van der Waals surface area contributed by atoms with Gasteiger partial charge in [-0.15, -0.1) is 0 Å². The molecule has 0 saturated heterocycles. The number of rotatable bonds is 4. The quantitative estimate of drug-likeness (QED) is 0.778. The molecule has 1 aliphatic heterocycles. The molecule has 2 rings (SSSR count). The van der Waals surface area contributed by atoms with Crippen LogP contribution in [0.3, 0.4) is 0 Å². The molecule has 1 amide bonds. The molecular formula is C12H15NO3. The minimum absolute atomic E-state index is 0.124. The number of hydrogen-bond donors (Lipinski definition) is 1. The fourth-order valence-electron chi connectivity index (χ4n) is 1.72. The highest BCUT2D eigenvalue weighted by Crippen LogP contribution is 2.25. The third kappa shape index (κ3) is 2.52. The molecule has 1 aliphatic rings. The fraction of sp³-hybridized carbons (Fsp3) is 0.417. The minimum atomic E-state index is -0.124. The van der Waals surface area contributed by atoms with Gasteiger partial charge in [0.2, 0.25) is 5.91 Å². The van der Waals surface area contributed by atoms with Crippen LogP contribution in [-0.2, 0) is 22.5 Å². The maximum absolute atomic E-state index is 11.4. The number of ether oxygens (including phenoxy) is 1. The van der Waals surface area contributed by atoms with Crippen molar-refractivity contribution >= 4 is 5.91 Å². The third-order valence-electron chi connectivity index (χ3n) is 2.45. The zero-order chi connectivity index (χ0) is 11.4. The Labute approximate surface area is 94.5 Å². The minimum Gasteiger partial charge on any atom is -0.493 e. The van der Waals surface area contributed by atoms with Crippen LogP contribution in [-0.4, -0.2) is 19.1 Å². The van der Waals surface area contributed by atoms with Crippen molar-refractivity contribution < 1.29 is 14.4 Å². The van der Waals surface area contributed by atoms with E-state index in [1.807, 2.05) is 25.1 Å². The van der Waals surface area contributed by atoms with E-state index in [1.165, 1.54) is 5.56 Å². The fourth-order valence-corrected chi connectivity index (χ4v) is 1.72. The lowest BCUT2D eigenvalue weighted by Crippen LogP contribution is -2.25. The van der Waals surface area contributed by atoms with Crippen LogP contribution in [0.15, 0.2) is 18.2 Å². The second-order valence-electron chi connectivity index (χ2n) is 3.68. The summed E-state index contributed by atoms with van der Waals surface area (Å²) in [4.78, 5) is 16.2. The molecule has 86 valence electrons. The predicted octanol–water partition coefficient (Wildman–Crippen LogP) is 1.23. The Balaban J connectivity index is 1.97. The smallest absolute Gasteiger partial charge is 0.247 e.